The van der Waals surface area contributed by atoms with Gasteiger partial charge in [0, 0.05) is 6.42 Å². The number of amides is 1. The first-order valence-corrected chi connectivity index (χ1v) is 22.0. The number of carbonyl (C=O) groups is 2. The molecule has 53 heavy (non-hydrogen) atoms. The summed E-state index contributed by atoms with van der Waals surface area (Å²) in [6, 6.07) is -0.739. The van der Waals surface area contributed by atoms with Gasteiger partial charge in [0.05, 0.1) is 25.2 Å². The van der Waals surface area contributed by atoms with Crippen LogP contribution in [0.25, 0.3) is 0 Å². The van der Waals surface area contributed by atoms with Crippen LogP contribution in [0.15, 0.2) is 60.8 Å². The maximum atomic E-state index is 13.1. The molecule has 6 nitrogen and oxygen atoms in total. The Balaban J connectivity index is 4.78. The zero-order valence-electron chi connectivity index (χ0n) is 34.6. The van der Waals surface area contributed by atoms with Crippen LogP contribution in [0.1, 0.15) is 201 Å². The van der Waals surface area contributed by atoms with Crippen molar-refractivity contribution >= 4 is 11.9 Å². The van der Waals surface area contributed by atoms with Gasteiger partial charge in [-0.1, -0.05) is 197 Å². The highest BCUT2D eigenvalue weighted by Gasteiger charge is 2.23. The van der Waals surface area contributed by atoms with Gasteiger partial charge in [-0.05, 0) is 51.0 Å². The lowest BCUT2D eigenvalue weighted by atomic mass is 10.0. The van der Waals surface area contributed by atoms with Gasteiger partial charge in [-0.3, -0.25) is 9.59 Å². The second-order valence-electron chi connectivity index (χ2n) is 14.7. The number of allylic oxidation sites excluding steroid dienone is 9. The molecule has 3 atom stereocenters. The fraction of sp³-hybridized carbons (Fsp3) is 0.745. The predicted octanol–water partition coefficient (Wildman–Crippen LogP) is 12.5. The average molecular weight is 742 g/mol. The predicted molar refractivity (Wildman–Crippen MR) is 227 cm³/mol. The van der Waals surface area contributed by atoms with Gasteiger partial charge in [0.15, 0.2) is 0 Å². The van der Waals surface area contributed by atoms with Gasteiger partial charge >= 0.3 is 5.97 Å². The second-order valence-corrected chi connectivity index (χ2v) is 14.7. The van der Waals surface area contributed by atoms with E-state index in [1.54, 1.807) is 6.08 Å². The maximum Gasteiger partial charge on any atom is 0.306 e. The number of rotatable bonds is 38. The Hall–Kier alpha value is -2.44. The number of hydrogen-bond acceptors (Lipinski definition) is 5. The number of carbonyl (C=O) groups excluding carboxylic acids is 2. The van der Waals surface area contributed by atoms with Crippen LogP contribution in [-0.4, -0.2) is 46.9 Å². The lowest BCUT2D eigenvalue weighted by molar-refractivity contribution is -0.148. The summed E-state index contributed by atoms with van der Waals surface area (Å²) in [5.74, 6) is -0.634. The van der Waals surface area contributed by atoms with E-state index in [1.807, 2.05) is 6.08 Å². The van der Waals surface area contributed by atoms with Crippen molar-refractivity contribution in [3.8, 4) is 0 Å². The highest BCUT2D eigenvalue weighted by molar-refractivity contribution is 5.78. The molecular formula is C47H83NO5. The van der Waals surface area contributed by atoms with Crippen LogP contribution in [0.5, 0.6) is 0 Å². The second kappa shape index (κ2) is 40.7. The van der Waals surface area contributed by atoms with Gasteiger partial charge in [0.2, 0.25) is 5.91 Å². The largest absolute Gasteiger partial charge is 0.458 e. The standard InChI is InChI=1S/C47H83NO5/c1-4-7-10-13-16-19-21-22-23-25-27-29-32-35-38-43(53-47(52)40-37-34-31-26-18-15-12-9-6-3)41-46(51)48-44(42-49)45(50)39-36-33-30-28-24-20-17-14-11-8-5-2/h7,10,16,19,22-23,27,29,35,38,43-45,49-50H,4-6,8-9,11-15,17-18,20-21,24-26,28,30-34,36-37,39-42H2,1-3H3,(H,48,51)/b10-7+,19-16+,23-22+,29-27+,38-35+. The molecular weight excluding hydrogens is 659 g/mol. The average Bonchev–Trinajstić information content (AvgIpc) is 3.15. The number of unbranched alkanes of at least 4 members (excludes halogenated alkanes) is 18. The summed E-state index contributed by atoms with van der Waals surface area (Å²) in [4.78, 5) is 25.8. The summed E-state index contributed by atoms with van der Waals surface area (Å²) < 4.78 is 5.77. The number of ether oxygens (including phenoxy) is 1. The zero-order valence-corrected chi connectivity index (χ0v) is 34.6. The van der Waals surface area contributed by atoms with Gasteiger partial charge in [-0.15, -0.1) is 0 Å². The van der Waals surface area contributed by atoms with Crippen molar-refractivity contribution < 1.29 is 24.5 Å². The minimum absolute atomic E-state index is 0.0458. The van der Waals surface area contributed by atoms with E-state index in [2.05, 4.69) is 74.7 Å². The molecule has 0 spiro atoms. The molecule has 0 bridgehead atoms. The number of esters is 1. The van der Waals surface area contributed by atoms with Crippen molar-refractivity contribution in [3.05, 3.63) is 60.8 Å². The number of aliphatic hydroxyl groups is 2. The monoisotopic (exact) mass is 742 g/mol. The van der Waals surface area contributed by atoms with Gasteiger partial charge in [-0.2, -0.15) is 0 Å². The lowest BCUT2D eigenvalue weighted by Gasteiger charge is -2.23. The molecule has 3 unspecified atom stereocenters. The van der Waals surface area contributed by atoms with Crippen LogP contribution >= 0.6 is 0 Å². The summed E-state index contributed by atoms with van der Waals surface area (Å²) in [5, 5.41) is 23.5. The number of aliphatic hydroxyl groups excluding tert-OH is 2. The van der Waals surface area contributed by atoms with Crippen LogP contribution in [-0.2, 0) is 14.3 Å². The normalized spacial score (nSPS) is 14.0. The van der Waals surface area contributed by atoms with Crippen LogP contribution in [0.3, 0.4) is 0 Å². The van der Waals surface area contributed by atoms with E-state index in [1.165, 1.54) is 89.9 Å². The third-order valence-corrected chi connectivity index (χ3v) is 9.61. The Morgan fingerprint density at radius 1 is 0.566 bits per heavy atom. The highest BCUT2D eigenvalue weighted by atomic mass is 16.5. The third kappa shape index (κ3) is 36.3. The molecule has 1 amide bonds. The lowest BCUT2D eigenvalue weighted by Crippen LogP contribution is -2.46. The molecule has 0 aliphatic heterocycles. The molecule has 0 aliphatic rings. The van der Waals surface area contributed by atoms with Crippen molar-refractivity contribution in [2.24, 2.45) is 0 Å². The number of nitrogens with one attached hydrogen (secondary N) is 1. The zero-order chi connectivity index (χ0) is 38.9. The fourth-order valence-corrected chi connectivity index (χ4v) is 6.27. The molecule has 0 aliphatic carbocycles. The molecule has 0 aromatic carbocycles. The first-order chi connectivity index (χ1) is 26.0. The quantitative estimate of drug-likeness (QED) is 0.0333. The molecule has 0 heterocycles. The smallest absolute Gasteiger partial charge is 0.306 e. The minimum Gasteiger partial charge on any atom is -0.458 e. The van der Waals surface area contributed by atoms with E-state index in [-0.39, 0.29) is 24.9 Å². The number of hydrogen-bond donors (Lipinski definition) is 3. The Bertz CT molecular complexity index is 968. The molecule has 0 aromatic rings. The molecule has 3 N–H and O–H groups in total. The summed E-state index contributed by atoms with van der Waals surface area (Å²) in [7, 11) is 0. The van der Waals surface area contributed by atoms with E-state index in [0.717, 1.165) is 64.2 Å². The van der Waals surface area contributed by atoms with Crippen LogP contribution < -0.4 is 5.32 Å². The van der Waals surface area contributed by atoms with Gasteiger partial charge in [0.25, 0.3) is 0 Å². The Kier molecular flexibility index (Phi) is 38.9. The van der Waals surface area contributed by atoms with E-state index in [4.69, 9.17) is 4.74 Å². The summed E-state index contributed by atoms with van der Waals surface area (Å²) in [6.45, 7) is 6.28. The van der Waals surface area contributed by atoms with Crippen molar-refractivity contribution in [2.45, 2.75) is 219 Å². The minimum atomic E-state index is -0.816. The highest BCUT2D eigenvalue weighted by Crippen LogP contribution is 2.15. The van der Waals surface area contributed by atoms with Crippen molar-refractivity contribution in [3.63, 3.8) is 0 Å². The van der Waals surface area contributed by atoms with Crippen LogP contribution in [0, 0.1) is 0 Å². The first-order valence-electron chi connectivity index (χ1n) is 22.0. The van der Waals surface area contributed by atoms with Crippen LogP contribution in [0.2, 0.25) is 0 Å². The fourth-order valence-electron chi connectivity index (χ4n) is 6.27. The van der Waals surface area contributed by atoms with E-state index in [9.17, 15) is 19.8 Å². The van der Waals surface area contributed by atoms with Gasteiger partial charge in [-0.25, -0.2) is 0 Å². The van der Waals surface area contributed by atoms with Crippen molar-refractivity contribution in [2.75, 3.05) is 6.61 Å². The molecule has 0 saturated heterocycles. The van der Waals surface area contributed by atoms with Gasteiger partial charge in [0.1, 0.15) is 6.10 Å². The molecule has 6 heteroatoms. The molecule has 0 radical (unpaired) electrons. The Labute approximate surface area is 327 Å². The summed E-state index contributed by atoms with van der Waals surface area (Å²) in [6.07, 6.45) is 48.8. The summed E-state index contributed by atoms with van der Waals surface area (Å²) in [5.41, 5.74) is 0. The topological polar surface area (TPSA) is 95.9 Å². The Morgan fingerprint density at radius 3 is 1.43 bits per heavy atom. The molecule has 306 valence electrons. The molecule has 0 aromatic heterocycles. The maximum absolute atomic E-state index is 13.1. The Morgan fingerprint density at radius 2 is 0.981 bits per heavy atom. The molecule has 0 saturated carbocycles. The molecule has 0 rings (SSSR count). The third-order valence-electron chi connectivity index (χ3n) is 9.61. The van der Waals surface area contributed by atoms with E-state index in [0.29, 0.717) is 19.3 Å². The van der Waals surface area contributed by atoms with Crippen molar-refractivity contribution in [1.29, 1.82) is 0 Å². The van der Waals surface area contributed by atoms with Crippen LogP contribution in [0.4, 0.5) is 0 Å². The van der Waals surface area contributed by atoms with E-state index < -0.39 is 18.2 Å². The summed E-state index contributed by atoms with van der Waals surface area (Å²) >= 11 is 0. The first kappa shape index (κ1) is 50.6. The van der Waals surface area contributed by atoms with Crippen molar-refractivity contribution in [1.82, 2.24) is 5.32 Å². The van der Waals surface area contributed by atoms with E-state index >= 15 is 0 Å². The van der Waals surface area contributed by atoms with Gasteiger partial charge < -0.3 is 20.3 Å². The molecule has 0 fully saturated rings. The SMILES string of the molecule is CC/C=C/C/C=C/C/C=C/C/C=C/C/C=C/C(CC(=O)NC(CO)C(O)CCCCCCCCCCCCC)OC(=O)CCCCCCCCCCC.